The summed E-state index contributed by atoms with van der Waals surface area (Å²) < 4.78 is 5.43. The first-order valence-electron chi connectivity index (χ1n) is 11.4. The molecule has 32 heavy (non-hydrogen) atoms. The third-order valence-electron chi connectivity index (χ3n) is 7.44. The number of ketones is 1. The Hall–Kier alpha value is -2.72. The topological polar surface area (TPSA) is 43.4 Å². The van der Waals surface area contributed by atoms with Gasteiger partial charge < -0.3 is 4.74 Å². The van der Waals surface area contributed by atoms with Crippen LogP contribution in [-0.2, 0) is 14.3 Å². The van der Waals surface area contributed by atoms with E-state index in [2.05, 4.69) is 37.8 Å². The molecule has 0 spiro atoms. The van der Waals surface area contributed by atoms with Gasteiger partial charge in [-0.25, -0.2) is 4.79 Å². The number of allylic oxidation sites excluding steroid dienone is 4. The summed E-state index contributed by atoms with van der Waals surface area (Å²) in [5.74, 6) is -0.287. The molecule has 164 valence electrons. The van der Waals surface area contributed by atoms with Crippen LogP contribution in [-0.4, -0.2) is 18.4 Å². The lowest BCUT2D eigenvalue weighted by Crippen LogP contribution is -2.25. The van der Waals surface area contributed by atoms with Crippen molar-refractivity contribution in [3.8, 4) is 0 Å². The number of ether oxygens (including phenoxy) is 1. The largest absolute Gasteiger partial charge is 0.463 e. The monoisotopic (exact) mass is 444 g/mol. The van der Waals surface area contributed by atoms with Crippen LogP contribution in [0.3, 0.4) is 0 Å². The van der Waals surface area contributed by atoms with Gasteiger partial charge in [0.05, 0.1) is 12.5 Å². The SMILES string of the molecule is C=C1C(C)c2ccccc2C1C1CC2=C(C1=O)C(c1cccs1)C(C(=O)OCC)=C(C)C2. The second-order valence-corrected chi connectivity index (χ2v) is 10.1. The summed E-state index contributed by atoms with van der Waals surface area (Å²) in [6, 6.07) is 12.5. The van der Waals surface area contributed by atoms with Crippen molar-refractivity contribution >= 4 is 23.1 Å². The maximum absolute atomic E-state index is 14.1. The highest BCUT2D eigenvalue weighted by Gasteiger charge is 2.49. The Labute approximate surface area is 193 Å². The third-order valence-corrected chi connectivity index (χ3v) is 8.38. The standard InChI is InChI=1S/C28H28O3S/c1-5-31-28(30)23-15(2)13-18-14-21(27(29)25(18)26(23)22-11-8-12-32-22)24-17(4)16(3)19-9-6-7-10-20(19)24/h6-12,16,21,24,26H,4-5,13-14H2,1-3H3. The number of hydrogen-bond acceptors (Lipinski definition) is 4. The zero-order chi connectivity index (χ0) is 22.6. The number of carbonyl (C=O) groups excluding carboxylic acids is 2. The Morgan fingerprint density at radius 3 is 2.62 bits per heavy atom. The van der Waals surface area contributed by atoms with Crippen molar-refractivity contribution in [1.29, 1.82) is 0 Å². The third kappa shape index (κ3) is 3.07. The van der Waals surface area contributed by atoms with E-state index in [9.17, 15) is 9.59 Å². The highest BCUT2D eigenvalue weighted by molar-refractivity contribution is 7.10. The minimum atomic E-state index is -0.322. The molecule has 1 heterocycles. The Morgan fingerprint density at radius 2 is 1.94 bits per heavy atom. The van der Waals surface area contributed by atoms with Gasteiger partial charge in [-0.2, -0.15) is 0 Å². The Bertz CT molecular complexity index is 1180. The van der Waals surface area contributed by atoms with Crippen molar-refractivity contribution in [2.45, 2.75) is 51.4 Å². The maximum atomic E-state index is 14.1. The van der Waals surface area contributed by atoms with E-state index < -0.39 is 0 Å². The highest BCUT2D eigenvalue weighted by Crippen LogP contribution is 2.56. The van der Waals surface area contributed by atoms with Crippen molar-refractivity contribution in [3.05, 3.63) is 92.2 Å². The fourth-order valence-corrected chi connectivity index (χ4v) is 6.85. The number of Topliss-reactive ketones (excluding diaryl/α,β-unsaturated/α-hetero) is 1. The summed E-state index contributed by atoms with van der Waals surface area (Å²) in [6.07, 6.45) is 1.41. The average Bonchev–Trinajstić information content (AvgIpc) is 3.47. The molecule has 0 saturated heterocycles. The Morgan fingerprint density at radius 1 is 1.19 bits per heavy atom. The number of rotatable bonds is 4. The van der Waals surface area contributed by atoms with Gasteiger partial charge in [-0.3, -0.25) is 4.79 Å². The molecule has 3 aliphatic carbocycles. The minimum Gasteiger partial charge on any atom is -0.463 e. The lowest BCUT2D eigenvalue weighted by molar-refractivity contribution is -0.138. The minimum absolute atomic E-state index is 0.0367. The molecule has 0 aliphatic heterocycles. The fourth-order valence-electron chi connectivity index (χ4n) is 6.00. The van der Waals surface area contributed by atoms with Crippen LogP contribution in [0.5, 0.6) is 0 Å². The van der Waals surface area contributed by atoms with Crippen molar-refractivity contribution < 1.29 is 14.3 Å². The zero-order valence-corrected chi connectivity index (χ0v) is 19.6. The Kier molecular flexibility index (Phi) is 5.29. The molecule has 3 nitrogen and oxygen atoms in total. The van der Waals surface area contributed by atoms with Crippen LogP contribution in [0.25, 0.3) is 0 Å². The van der Waals surface area contributed by atoms with E-state index in [0.29, 0.717) is 18.6 Å². The van der Waals surface area contributed by atoms with Gasteiger partial charge in [0.1, 0.15) is 0 Å². The van der Waals surface area contributed by atoms with Crippen LogP contribution in [0, 0.1) is 5.92 Å². The molecule has 3 aliphatic rings. The quantitative estimate of drug-likeness (QED) is 0.402. The van der Waals surface area contributed by atoms with Gasteiger partial charge in [0.25, 0.3) is 0 Å². The van der Waals surface area contributed by atoms with Crippen LogP contribution < -0.4 is 0 Å². The molecule has 4 unspecified atom stereocenters. The van der Waals surface area contributed by atoms with E-state index in [0.717, 1.165) is 28.0 Å². The van der Waals surface area contributed by atoms with Gasteiger partial charge in [-0.1, -0.05) is 60.6 Å². The molecule has 0 N–H and O–H groups in total. The zero-order valence-electron chi connectivity index (χ0n) is 18.8. The molecule has 0 radical (unpaired) electrons. The summed E-state index contributed by atoms with van der Waals surface area (Å²) >= 11 is 1.60. The molecule has 1 aromatic carbocycles. The molecular weight excluding hydrogens is 416 g/mol. The van der Waals surface area contributed by atoms with E-state index >= 15 is 0 Å². The number of carbonyl (C=O) groups is 2. The highest BCUT2D eigenvalue weighted by atomic mass is 32.1. The first kappa shape index (κ1) is 21.1. The molecule has 0 bridgehead atoms. The van der Waals surface area contributed by atoms with E-state index in [-0.39, 0.29) is 35.4 Å². The van der Waals surface area contributed by atoms with Gasteiger partial charge in [0.2, 0.25) is 0 Å². The average molecular weight is 445 g/mol. The smallest absolute Gasteiger partial charge is 0.334 e. The molecule has 0 saturated carbocycles. The van der Waals surface area contributed by atoms with Crippen LogP contribution in [0.15, 0.2) is 76.2 Å². The van der Waals surface area contributed by atoms with E-state index in [1.54, 1.807) is 11.3 Å². The lowest BCUT2D eigenvalue weighted by Gasteiger charge is -2.27. The first-order valence-corrected chi connectivity index (χ1v) is 12.3. The molecule has 0 fully saturated rings. The second kappa shape index (κ2) is 8.00. The van der Waals surface area contributed by atoms with Crippen molar-refractivity contribution in [2.24, 2.45) is 5.92 Å². The first-order chi connectivity index (χ1) is 15.4. The van der Waals surface area contributed by atoms with Crippen molar-refractivity contribution in [2.75, 3.05) is 6.61 Å². The maximum Gasteiger partial charge on any atom is 0.334 e. The molecule has 2 aromatic rings. The van der Waals surface area contributed by atoms with Gasteiger partial charge in [0.15, 0.2) is 5.78 Å². The number of thiophene rings is 1. The summed E-state index contributed by atoms with van der Waals surface area (Å²) in [5, 5.41) is 2.01. The molecule has 1 aromatic heterocycles. The van der Waals surface area contributed by atoms with Crippen LogP contribution in [0.1, 0.15) is 67.4 Å². The fraction of sp³-hybridized carbons (Fsp3) is 0.357. The summed E-state index contributed by atoms with van der Waals surface area (Å²) in [4.78, 5) is 28.1. The number of benzene rings is 1. The summed E-state index contributed by atoms with van der Waals surface area (Å²) in [5.41, 5.74) is 7.36. The Balaban J connectivity index is 1.57. The lowest BCUT2D eigenvalue weighted by atomic mass is 9.77. The van der Waals surface area contributed by atoms with Crippen LogP contribution in [0.4, 0.5) is 0 Å². The van der Waals surface area contributed by atoms with Crippen LogP contribution in [0.2, 0.25) is 0 Å². The van der Waals surface area contributed by atoms with E-state index in [1.165, 1.54) is 16.7 Å². The van der Waals surface area contributed by atoms with E-state index in [4.69, 9.17) is 4.74 Å². The molecule has 4 heteroatoms. The van der Waals surface area contributed by atoms with E-state index in [1.807, 2.05) is 31.4 Å². The second-order valence-electron chi connectivity index (χ2n) is 9.13. The van der Waals surface area contributed by atoms with Crippen molar-refractivity contribution in [3.63, 3.8) is 0 Å². The van der Waals surface area contributed by atoms with Gasteiger partial charge >= 0.3 is 5.97 Å². The number of hydrogen-bond donors (Lipinski definition) is 0. The molecule has 5 rings (SSSR count). The summed E-state index contributed by atoms with van der Waals surface area (Å²) in [6.45, 7) is 10.8. The molecule has 0 amide bonds. The normalized spacial score (nSPS) is 27.1. The summed E-state index contributed by atoms with van der Waals surface area (Å²) in [7, 11) is 0. The van der Waals surface area contributed by atoms with Gasteiger partial charge in [-0.15, -0.1) is 11.3 Å². The van der Waals surface area contributed by atoms with Gasteiger partial charge in [-0.05, 0) is 49.3 Å². The van der Waals surface area contributed by atoms with Crippen LogP contribution >= 0.6 is 11.3 Å². The number of fused-ring (bicyclic) bond motifs is 1. The predicted molar refractivity (Wildman–Crippen MR) is 128 cm³/mol. The molecular formula is C28H28O3S. The number of esters is 1. The van der Waals surface area contributed by atoms with Crippen molar-refractivity contribution in [1.82, 2.24) is 0 Å². The van der Waals surface area contributed by atoms with Gasteiger partial charge in [0, 0.05) is 33.8 Å². The molecule has 4 atom stereocenters. The predicted octanol–water partition coefficient (Wildman–Crippen LogP) is 6.46.